The zero-order valence-corrected chi connectivity index (χ0v) is 28.8. The Kier molecular flexibility index (Phi) is 7.31. The van der Waals surface area contributed by atoms with Crippen LogP contribution < -0.4 is 10.4 Å². The Morgan fingerprint density at radius 1 is 0.404 bits per heavy atom. The third-order valence-electron chi connectivity index (χ3n) is 10.5. The first kappa shape index (κ1) is 29.4. The van der Waals surface area contributed by atoms with Crippen LogP contribution in [-0.4, -0.2) is 8.07 Å². The van der Waals surface area contributed by atoms with Crippen molar-refractivity contribution in [3.05, 3.63) is 188 Å². The second-order valence-electron chi connectivity index (χ2n) is 13.6. The molecule has 0 saturated carbocycles. The lowest BCUT2D eigenvalue weighted by atomic mass is 9.93. The van der Waals surface area contributed by atoms with E-state index in [1.807, 2.05) is 0 Å². The summed E-state index contributed by atoms with van der Waals surface area (Å²) in [6.07, 6.45) is 7.16. The molecule has 8 rings (SSSR count). The molecule has 228 valence electrons. The van der Waals surface area contributed by atoms with Crippen LogP contribution >= 0.6 is 0 Å². The summed E-state index contributed by atoms with van der Waals surface area (Å²) in [7, 11) is -2.65. The van der Waals surface area contributed by atoms with E-state index in [1.165, 1.54) is 77.1 Å². The first-order chi connectivity index (χ1) is 22.9. The topological polar surface area (TPSA) is 0 Å². The fourth-order valence-corrected chi connectivity index (χ4v) is 13.5. The van der Waals surface area contributed by atoms with Crippen LogP contribution in [0.1, 0.15) is 44.5 Å². The first-order valence-corrected chi connectivity index (χ1v) is 18.9. The molecule has 0 radical (unpaired) electrons. The van der Waals surface area contributed by atoms with Crippen molar-refractivity contribution in [2.24, 2.45) is 0 Å². The largest absolute Gasteiger partial charge is 0.172 e. The minimum atomic E-state index is -2.65. The quantitative estimate of drug-likeness (QED) is 0.163. The molecule has 6 aromatic rings. The summed E-state index contributed by atoms with van der Waals surface area (Å²) in [5, 5.41) is 6.08. The molecule has 0 bridgehead atoms. The Morgan fingerprint density at radius 3 is 1.26 bits per heavy atom. The molecule has 0 aromatic heterocycles. The molecule has 2 aliphatic carbocycles. The average molecular weight is 621 g/mol. The van der Waals surface area contributed by atoms with Crippen LogP contribution in [-0.2, 0) is 12.8 Å². The Morgan fingerprint density at radius 2 is 0.830 bits per heavy atom. The van der Waals surface area contributed by atoms with Crippen LogP contribution in [0.5, 0.6) is 0 Å². The van der Waals surface area contributed by atoms with Crippen molar-refractivity contribution < 1.29 is 0 Å². The molecule has 2 aliphatic rings. The Labute approximate surface area is 280 Å². The van der Waals surface area contributed by atoms with Crippen LogP contribution in [0, 0.1) is 27.7 Å². The van der Waals surface area contributed by atoms with Crippen molar-refractivity contribution in [3.63, 3.8) is 0 Å². The number of allylic oxidation sites excluding steroid dienone is 2. The van der Waals surface area contributed by atoms with Crippen molar-refractivity contribution in [1.29, 1.82) is 0 Å². The van der Waals surface area contributed by atoms with Gasteiger partial charge in [-0.15, -0.1) is 0 Å². The summed E-state index contributed by atoms with van der Waals surface area (Å²) >= 11 is 0. The Balaban J connectivity index is 1.39. The minimum absolute atomic E-state index is 0.974. The number of benzene rings is 6. The van der Waals surface area contributed by atoms with Crippen LogP contribution in [0.15, 0.2) is 144 Å². The monoisotopic (exact) mass is 620 g/mol. The molecule has 0 atom stereocenters. The number of fused-ring (bicyclic) bond motifs is 2. The maximum absolute atomic E-state index is 2.65. The lowest BCUT2D eigenvalue weighted by molar-refractivity contribution is 1.23. The smallest absolute Gasteiger partial charge is 0.0626 e. The van der Waals surface area contributed by atoms with Gasteiger partial charge in [0.25, 0.3) is 0 Å². The summed E-state index contributed by atoms with van der Waals surface area (Å²) in [6.45, 7) is 8.89. The molecule has 0 amide bonds. The Bertz CT molecular complexity index is 2060. The maximum Gasteiger partial charge on any atom is 0.172 e. The van der Waals surface area contributed by atoms with E-state index in [1.54, 1.807) is 10.4 Å². The molecule has 0 fully saturated rings. The molecule has 0 aliphatic heterocycles. The summed E-state index contributed by atoms with van der Waals surface area (Å²) in [5.41, 5.74) is 16.3. The van der Waals surface area contributed by atoms with Crippen molar-refractivity contribution in [1.82, 2.24) is 0 Å². The zero-order chi connectivity index (χ0) is 32.1. The van der Waals surface area contributed by atoms with E-state index in [0.29, 0.717) is 0 Å². The van der Waals surface area contributed by atoms with Crippen LogP contribution in [0.3, 0.4) is 0 Å². The lowest BCUT2D eigenvalue weighted by Gasteiger charge is -2.36. The van der Waals surface area contributed by atoms with Gasteiger partial charge in [-0.25, -0.2) is 0 Å². The molecular formula is C46H40Si. The standard InChI is InChI=1S/C46H40Si/c1-31-21-23-33(3)43(25-31)41-19-11-13-35-27-39(29-45(35)41)47(37-15-7-5-8-16-37,38-17-9-6-10-18-38)40-28-36-14-12-20-42(46(36)30-40)44-26-32(2)22-24-34(44)4/h5-26,29-30H,27-28H2,1-4H3. The lowest BCUT2D eigenvalue weighted by Crippen LogP contribution is -2.62. The van der Waals surface area contributed by atoms with Crippen molar-refractivity contribution in [2.45, 2.75) is 40.5 Å². The van der Waals surface area contributed by atoms with Crippen molar-refractivity contribution in [3.8, 4) is 22.3 Å². The Hall–Kier alpha value is -4.98. The van der Waals surface area contributed by atoms with Crippen LogP contribution in [0.2, 0.25) is 0 Å². The maximum atomic E-state index is 2.61. The van der Waals surface area contributed by atoms with E-state index in [-0.39, 0.29) is 0 Å². The molecule has 1 heteroatoms. The molecule has 6 aromatic carbocycles. The fraction of sp³-hybridized carbons (Fsp3) is 0.130. The highest BCUT2D eigenvalue weighted by molar-refractivity contribution is 7.13. The number of hydrogen-bond acceptors (Lipinski definition) is 0. The summed E-state index contributed by atoms with van der Waals surface area (Å²) in [6, 6.07) is 50.6. The number of rotatable bonds is 6. The van der Waals surface area contributed by atoms with Gasteiger partial charge in [-0.1, -0.05) is 167 Å². The van der Waals surface area contributed by atoms with Gasteiger partial charge in [-0.05, 0) is 107 Å². The molecular weight excluding hydrogens is 581 g/mol. The fourth-order valence-electron chi connectivity index (χ4n) is 8.23. The van der Waals surface area contributed by atoms with E-state index in [4.69, 9.17) is 0 Å². The van der Waals surface area contributed by atoms with Gasteiger partial charge < -0.3 is 0 Å². The highest BCUT2D eigenvalue weighted by atomic mass is 28.3. The highest BCUT2D eigenvalue weighted by Gasteiger charge is 2.47. The molecule has 0 nitrogen and oxygen atoms in total. The first-order valence-electron chi connectivity index (χ1n) is 16.9. The number of hydrogen-bond donors (Lipinski definition) is 0. The van der Waals surface area contributed by atoms with Gasteiger partial charge >= 0.3 is 0 Å². The molecule has 0 spiro atoms. The second-order valence-corrected chi connectivity index (χ2v) is 17.5. The molecule has 47 heavy (non-hydrogen) atoms. The second kappa shape index (κ2) is 11.7. The van der Waals surface area contributed by atoms with E-state index < -0.39 is 8.07 Å². The van der Waals surface area contributed by atoms with E-state index in [0.717, 1.165) is 12.8 Å². The van der Waals surface area contributed by atoms with E-state index >= 15 is 0 Å². The normalized spacial score (nSPS) is 13.6. The van der Waals surface area contributed by atoms with E-state index in [9.17, 15) is 0 Å². The molecule has 0 unspecified atom stereocenters. The molecule has 0 saturated heterocycles. The van der Waals surface area contributed by atoms with Gasteiger partial charge in [0.2, 0.25) is 0 Å². The van der Waals surface area contributed by atoms with Gasteiger partial charge in [0.1, 0.15) is 0 Å². The predicted molar refractivity (Wildman–Crippen MR) is 204 cm³/mol. The number of aryl methyl sites for hydroxylation is 4. The van der Waals surface area contributed by atoms with Crippen molar-refractivity contribution in [2.75, 3.05) is 0 Å². The van der Waals surface area contributed by atoms with Crippen LogP contribution in [0.25, 0.3) is 34.4 Å². The molecule has 0 N–H and O–H groups in total. The molecule has 0 heterocycles. The minimum Gasteiger partial charge on any atom is -0.0626 e. The van der Waals surface area contributed by atoms with Crippen molar-refractivity contribution >= 4 is 30.6 Å². The zero-order valence-electron chi connectivity index (χ0n) is 27.8. The third-order valence-corrected chi connectivity index (χ3v) is 15.5. The average Bonchev–Trinajstić information content (AvgIpc) is 3.74. The van der Waals surface area contributed by atoms with Gasteiger partial charge in [-0.3, -0.25) is 0 Å². The SMILES string of the molecule is Cc1ccc(C)c(-c2cccc3c2C=C([Si](C2=Cc4c(cccc4-c4cc(C)ccc4C)C2)(c2ccccc2)c2ccccc2)C3)c1. The van der Waals surface area contributed by atoms with Gasteiger partial charge in [0.15, 0.2) is 8.07 Å². The van der Waals surface area contributed by atoms with Gasteiger partial charge in [0.05, 0.1) is 0 Å². The van der Waals surface area contributed by atoms with E-state index in [2.05, 4.69) is 173 Å². The van der Waals surface area contributed by atoms with Crippen LogP contribution in [0.4, 0.5) is 0 Å². The summed E-state index contributed by atoms with van der Waals surface area (Å²) < 4.78 is 0. The predicted octanol–water partition coefficient (Wildman–Crippen LogP) is 10.2. The third kappa shape index (κ3) is 4.89. The highest BCUT2D eigenvalue weighted by Crippen LogP contribution is 2.44. The summed E-state index contributed by atoms with van der Waals surface area (Å²) in [5.74, 6) is 0. The summed E-state index contributed by atoms with van der Waals surface area (Å²) in [4.78, 5) is 0. The van der Waals surface area contributed by atoms with Gasteiger partial charge in [-0.2, -0.15) is 0 Å². The van der Waals surface area contributed by atoms with Gasteiger partial charge in [0, 0.05) is 0 Å².